The average molecular weight is 227 g/mol. The minimum atomic E-state index is -0.195. The van der Waals surface area contributed by atoms with Crippen molar-refractivity contribution in [1.82, 2.24) is 4.90 Å². The number of nitrogens with zero attached hydrogens (tertiary/aromatic N) is 1. The molecule has 1 heterocycles. The third-order valence-corrected chi connectivity index (χ3v) is 4.08. The Morgan fingerprint density at radius 3 is 2.75 bits per heavy atom. The molecule has 2 rings (SSSR count). The Morgan fingerprint density at radius 2 is 2.25 bits per heavy atom. The van der Waals surface area contributed by atoms with Crippen LogP contribution in [0.4, 0.5) is 0 Å². The molecule has 1 N–H and O–H groups in total. The third kappa shape index (κ3) is 2.09. The first-order chi connectivity index (χ1) is 7.71. The molecule has 0 bridgehead atoms. The van der Waals surface area contributed by atoms with Crippen LogP contribution < -0.4 is 0 Å². The summed E-state index contributed by atoms with van der Waals surface area (Å²) in [4.78, 5) is 13.9. The van der Waals surface area contributed by atoms with Gasteiger partial charge in [-0.1, -0.05) is 0 Å². The summed E-state index contributed by atoms with van der Waals surface area (Å²) in [5.41, 5.74) is -0.195. The van der Waals surface area contributed by atoms with Gasteiger partial charge in [0.25, 0.3) is 0 Å². The average Bonchev–Trinajstić information content (AvgIpc) is 2.71. The smallest absolute Gasteiger partial charge is 0.225 e. The standard InChI is InChI=1S/C12H21NO3/c1-16-12(5-3-6-12)8-11(15)13-7-2-4-10(13)9-14/h10,14H,2-9H2,1H3/t10-/m1/s1. The summed E-state index contributed by atoms with van der Waals surface area (Å²) in [7, 11) is 1.69. The molecule has 0 unspecified atom stereocenters. The molecule has 0 spiro atoms. The van der Waals surface area contributed by atoms with Gasteiger partial charge < -0.3 is 14.7 Å². The number of methoxy groups -OCH3 is 1. The van der Waals surface area contributed by atoms with Crippen LogP contribution >= 0.6 is 0 Å². The van der Waals surface area contributed by atoms with Gasteiger partial charge >= 0.3 is 0 Å². The molecule has 1 saturated heterocycles. The Kier molecular flexibility index (Phi) is 3.50. The lowest BCUT2D eigenvalue weighted by Gasteiger charge is -2.41. The van der Waals surface area contributed by atoms with E-state index in [4.69, 9.17) is 4.74 Å². The molecule has 1 atom stereocenters. The fourth-order valence-corrected chi connectivity index (χ4v) is 2.76. The minimum Gasteiger partial charge on any atom is -0.394 e. The first-order valence-corrected chi connectivity index (χ1v) is 6.16. The van der Waals surface area contributed by atoms with E-state index in [1.54, 1.807) is 7.11 Å². The Labute approximate surface area is 96.6 Å². The van der Waals surface area contributed by atoms with E-state index in [1.807, 2.05) is 4.90 Å². The molecular weight excluding hydrogens is 206 g/mol. The van der Waals surface area contributed by atoms with Gasteiger partial charge in [-0.3, -0.25) is 4.79 Å². The number of amides is 1. The molecule has 4 nitrogen and oxygen atoms in total. The van der Waals surface area contributed by atoms with Crippen LogP contribution in [0.15, 0.2) is 0 Å². The number of aliphatic hydroxyl groups is 1. The second kappa shape index (κ2) is 4.72. The highest BCUT2D eigenvalue weighted by Gasteiger charge is 2.41. The van der Waals surface area contributed by atoms with Crippen LogP contribution in [0.5, 0.6) is 0 Å². The number of ether oxygens (including phenoxy) is 1. The van der Waals surface area contributed by atoms with E-state index in [-0.39, 0.29) is 24.2 Å². The lowest BCUT2D eigenvalue weighted by molar-refractivity contribution is -0.145. The summed E-state index contributed by atoms with van der Waals surface area (Å²) < 4.78 is 5.46. The van der Waals surface area contributed by atoms with Crippen molar-refractivity contribution >= 4 is 5.91 Å². The fourth-order valence-electron chi connectivity index (χ4n) is 2.76. The highest BCUT2D eigenvalue weighted by molar-refractivity contribution is 5.78. The van der Waals surface area contributed by atoms with Crippen molar-refractivity contribution in [3.05, 3.63) is 0 Å². The van der Waals surface area contributed by atoms with E-state index >= 15 is 0 Å². The predicted octanol–water partition coefficient (Wildman–Crippen LogP) is 0.929. The minimum absolute atomic E-state index is 0.0430. The molecule has 1 amide bonds. The van der Waals surface area contributed by atoms with Gasteiger partial charge in [-0.15, -0.1) is 0 Å². The molecule has 1 saturated carbocycles. The zero-order valence-electron chi connectivity index (χ0n) is 9.95. The number of rotatable bonds is 4. The maximum atomic E-state index is 12.1. The molecule has 1 aliphatic heterocycles. The highest BCUT2D eigenvalue weighted by Crippen LogP contribution is 2.38. The van der Waals surface area contributed by atoms with E-state index in [1.165, 1.54) is 0 Å². The van der Waals surface area contributed by atoms with Crippen molar-refractivity contribution in [3.63, 3.8) is 0 Å². The molecule has 16 heavy (non-hydrogen) atoms. The van der Waals surface area contributed by atoms with E-state index in [2.05, 4.69) is 0 Å². The Morgan fingerprint density at radius 1 is 1.50 bits per heavy atom. The van der Waals surface area contributed by atoms with Crippen molar-refractivity contribution in [3.8, 4) is 0 Å². The Balaban J connectivity index is 1.92. The van der Waals surface area contributed by atoms with Crippen molar-refractivity contribution in [2.75, 3.05) is 20.3 Å². The van der Waals surface area contributed by atoms with Gasteiger partial charge in [0.1, 0.15) is 0 Å². The normalized spacial score (nSPS) is 27.9. The van der Waals surface area contributed by atoms with Crippen LogP contribution in [-0.2, 0) is 9.53 Å². The summed E-state index contributed by atoms with van der Waals surface area (Å²) >= 11 is 0. The van der Waals surface area contributed by atoms with Gasteiger partial charge in [-0.25, -0.2) is 0 Å². The van der Waals surface area contributed by atoms with Gasteiger partial charge in [0, 0.05) is 13.7 Å². The van der Waals surface area contributed by atoms with Gasteiger partial charge in [-0.2, -0.15) is 0 Å². The number of aliphatic hydroxyl groups excluding tert-OH is 1. The fraction of sp³-hybridized carbons (Fsp3) is 0.917. The number of carbonyl (C=O) groups is 1. The van der Waals surface area contributed by atoms with Gasteiger partial charge in [0.15, 0.2) is 0 Å². The molecule has 0 aromatic carbocycles. The van der Waals surface area contributed by atoms with Crippen molar-refractivity contribution < 1.29 is 14.6 Å². The van der Waals surface area contributed by atoms with Crippen LogP contribution in [-0.4, -0.2) is 47.8 Å². The maximum absolute atomic E-state index is 12.1. The van der Waals surface area contributed by atoms with Gasteiger partial charge in [0.05, 0.1) is 24.7 Å². The molecule has 1 aliphatic carbocycles. The van der Waals surface area contributed by atoms with Crippen LogP contribution in [0.3, 0.4) is 0 Å². The summed E-state index contributed by atoms with van der Waals surface area (Å²) in [6.45, 7) is 0.885. The largest absolute Gasteiger partial charge is 0.394 e. The Bertz CT molecular complexity index is 257. The molecule has 0 aromatic heterocycles. The summed E-state index contributed by atoms with van der Waals surface area (Å²) in [6, 6.07) is 0.0430. The molecule has 2 aliphatic rings. The SMILES string of the molecule is COC1(CC(=O)N2CCC[C@@H]2CO)CCC1. The summed E-state index contributed by atoms with van der Waals surface area (Å²) in [6.07, 6.45) is 5.57. The van der Waals surface area contributed by atoms with E-state index in [0.29, 0.717) is 6.42 Å². The maximum Gasteiger partial charge on any atom is 0.225 e. The van der Waals surface area contributed by atoms with Gasteiger partial charge in [0.2, 0.25) is 5.91 Å². The van der Waals surface area contributed by atoms with Crippen molar-refractivity contribution in [1.29, 1.82) is 0 Å². The molecule has 0 aromatic rings. The number of likely N-dealkylation sites (tertiary alicyclic amines) is 1. The molecule has 0 radical (unpaired) electrons. The van der Waals surface area contributed by atoms with E-state index < -0.39 is 0 Å². The molecular formula is C12H21NO3. The van der Waals surface area contributed by atoms with Crippen LogP contribution in [0.2, 0.25) is 0 Å². The van der Waals surface area contributed by atoms with Gasteiger partial charge in [-0.05, 0) is 32.1 Å². The van der Waals surface area contributed by atoms with E-state index in [9.17, 15) is 9.90 Å². The van der Waals surface area contributed by atoms with Crippen LogP contribution in [0, 0.1) is 0 Å². The Hall–Kier alpha value is -0.610. The lowest BCUT2D eigenvalue weighted by atomic mass is 9.77. The zero-order chi connectivity index (χ0) is 11.6. The summed E-state index contributed by atoms with van der Waals surface area (Å²) in [5, 5.41) is 9.19. The second-order valence-corrected chi connectivity index (χ2v) is 4.98. The third-order valence-electron chi connectivity index (χ3n) is 4.08. The molecule has 4 heteroatoms. The quantitative estimate of drug-likeness (QED) is 0.777. The van der Waals surface area contributed by atoms with E-state index in [0.717, 1.165) is 38.6 Å². The van der Waals surface area contributed by atoms with Crippen molar-refractivity contribution in [2.24, 2.45) is 0 Å². The number of hydrogen-bond acceptors (Lipinski definition) is 3. The highest BCUT2D eigenvalue weighted by atomic mass is 16.5. The van der Waals surface area contributed by atoms with Crippen LogP contribution in [0.1, 0.15) is 38.5 Å². The summed E-state index contributed by atoms with van der Waals surface area (Å²) in [5.74, 6) is 0.151. The molecule has 2 fully saturated rings. The first-order valence-electron chi connectivity index (χ1n) is 6.16. The second-order valence-electron chi connectivity index (χ2n) is 4.98. The topological polar surface area (TPSA) is 49.8 Å². The van der Waals surface area contributed by atoms with Crippen molar-refractivity contribution in [2.45, 2.75) is 50.2 Å². The predicted molar refractivity (Wildman–Crippen MR) is 60.0 cm³/mol. The zero-order valence-corrected chi connectivity index (χ0v) is 9.95. The first kappa shape index (κ1) is 11.9. The molecule has 92 valence electrons. The number of carbonyl (C=O) groups excluding carboxylic acids is 1. The number of hydrogen-bond donors (Lipinski definition) is 1. The van der Waals surface area contributed by atoms with Crippen LogP contribution in [0.25, 0.3) is 0 Å². The monoisotopic (exact) mass is 227 g/mol. The lowest BCUT2D eigenvalue weighted by Crippen LogP contribution is -2.46.